The van der Waals surface area contributed by atoms with E-state index in [0.29, 0.717) is 23.6 Å². The van der Waals surface area contributed by atoms with Gasteiger partial charge in [-0.2, -0.15) is 4.68 Å². The molecule has 0 fully saturated rings. The summed E-state index contributed by atoms with van der Waals surface area (Å²) in [7, 11) is 0. The van der Waals surface area contributed by atoms with Gasteiger partial charge in [-0.15, -0.1) is 5.10 Å². The van der Waals surface area contributed by atoms with Gasteiger partial charge in [0.1, 0.15) is 0 Å². The third-order valence-electron chi connectivity index (χ3n) is 3.20. The minimum atomic E-state index is -0.178. The zero-order valence-corrected chi connectivity index (χ0v) is 12.0. The van der Waals surface area contributed by atoms with E-state index in [9.17, 15) is 4.79 Å². The van der Waals surface area contributed by atoms with Crippen LogP contribution in [0.15, 0.2) is 48.8 Å². The fraction of sp³-hybridized carbons (Fsp3) is 0.133. The summed E-state index contributed by atoms with van der Waals surface area (Å²) in [6.07, 6.45) is 3.39. The summed E-state index contributed by atoms with van der Waals surface area (Å²) in [5.41, 5.74) is 2.16. The molecule has 2 aromatic heterocycles. The van der Waals surface area contributed by atoms with Crippen LogP contribution < -0.4 is 5.32 Å². The molecule has 0 saturated heterocycles. The van der Waals surface area contributed by atoms with E-state index in [4.69, 9.17) is 0 Å². The average Bonchev–Trinajstić information content (AvgIpc) is 2.99. The summed E-state index contributed by atoms with van der Waals surface area (Å²) in [6.45, 7) is 2.22. The molecule has 3 aromatic rings. The lowest BCUT2D eigenvalue weighted by Gasteiger charge is -2.10. The number of nitrogens with zero attached hydrogens (tertiary/aromatic N) is 5. The molecule has 0 radical (unpaired) electrons. The second-order valence-corrected chi connectivity index (χ2v) is 4.69. The van der Waals surface area contributed by atoms with Crippen LogP contribution in [-0.4, -0.2) is 31.1 Å². The minimum Gasteiger partial charge on any atom is -0.348 e. The lowest BCUT2D eigenvalue weighted by atomic mass is 10.1. The fourth-order valence-electron chi connectivity index (χ4n) is 2.08. The van der Waals surface area contributed by atoms with E-state index in [-0.39, 0.29) is 5.91 Å². The molecule has 7 heteroatoms. The molecular weight excluding hydrogens is 280 g/mol. The van der Waals surface area contributed by atoms with Crippen LogP contribution >= 0.6 is 0 Å². The fourth-order valence-corrected chi connectivity index (χ4v) is 2.08. The van der Waals surface area contributed by atoms with Crippen LogP contribution in [-0.2, 0) is 6.54 Å². The molecule has 0 spiro atoms. The second-order valence-electron chi connectivity index (χ2n) is 4.69. The predicted molar refractivity (Wildman–Crippen MR) is 79.3 cm³/mol. The Morgan fingerprint density at radius 3 is 2.68 bits per heavy atom. The summed E-state index contributed by atoms with van der Waals surface area (Å²) in [5.74, 6) is 0.441. The number of carbonyl (C=O) groups excluding carboxylic acids is 1. The van der Waals surface area contributed by atoms with E-state index in [1.54, 1.807) is 30.1 Å². The number of tetrazole rings is 1. The van der Waals surface area contributed by atoms with E-state index in [2.05, 4.69) is 25.8 Å². The van der Waals surface area contributed by atoms with Gasteiger partial charge in [-0.3, -0.25) is 9.78 Å². The molecule has 0 unspecified atom stereocenters. The SMILES string of the molecule is Cc1nnnn1-c1ccccc1C(=O)NCc1ccncc1. The molecule has 0 aliphatic heterocycles. The Morgan fingerprint density at radius 1 is 1.18 bits per heavy atom. The van der Waals surface area contributed by atoms with Crippen LogP contribution in [0.3, 0.4) is 0 Å². The maximum absolute atomic E-state index is 12.4. The molecule has 0 atom stereocenters. The van der Waals surface area contributed by atoms with Crippen molar-refractivity contribution in [3.05, 3.63) is 65.7 Å². The van der Waals surface area contributed by atoms with Gasteiger partial charge in [0.2, 0.25) is 0 Å². The zero-order valence-electron chi connectivity index (χ0n) is 12.0. The number of aryl methyl sites for hydroxylation is 1. The number of para-hydroxylation sites is 1. The molecule has 22 heavy (non-hydrogen) atoms. The van der Waals surface area contributed by atoms with Crippen LogP contribution in [0.4, 0.5) is 0 Å². The summed E-state index contributed by atoms with van der Waals surface area (Å²) >= 11 is 0. The minimum absolute atomic E-state index is 0.178. The highest BCUT2D eigenvalue weighted by atomic mass is 16.1. The lowest BCUT2D eigenvalue weighted by molar-refractivity contribution is 0.0950. The normalized spacial score (nSPS) is 10.4. The van der Waals surface area contributed by atoms with Gasteiger partial charge in [-0.1, -0.05) is 12.1 Å². The predicted octanol–water partition coefficient (Wildman–Crippen LogP) is 1.30. The van der Waals surface area contributed by atoms with Gasteiger partial charge in [-0.25, -0.2) is 0 Å². The van der Waals surface area contributed by atoms with E-state index in [1.807, 2.05) is 30.3 Å². The summed E-state index contributed by atoms with van der Waals surface area (Å²) in [4.78, 5) is 16.4. The van der Waals surface area contributed by atoms with Crippen molar-refractivity contribution < 1.29 is 4.79 Å². The van der Waals surface area contributed by atoms with Crippen molar-refractivity contribution in [1.29, 1.82) is 0 Å². The molecule has 1 amide bonds. The number of pyridine rings is 1. The third-order valence-corrected chi connectivity index (χ3v) is 3.20. The van der Waals surface area contributed by atoms with Crippen molar-refractivity contribution >= 4 is 5.91 Å². The van der Waals surface area contributed by atoms with Crippen LogP contribution in [0.5, 0.6) is 0 Å². The van der Waals surface area contributed by atoms with E-state index < -0.39 is 0 Å². The Kier molecular flexibility index (Phi) is 3.86. The van der Waals surface area contributed by atoms with Crippen molar-refractivity contribution in [2.75, 3.05) is 0 Å². The first kappa shape index (κ1) is 13.9. The van der Waals surface area contributed by atoms with Crippen LogP contribution in [0.1, 0.15) is 21.7 Å². The molecule has 110 valence electrons. The van der Waals surface area contributed by atoms with Crippen molar-refractivity contribution in [2.45, 2.75) is 13.5 Å². The van der Waals surface area contributed by atoms with Crippen LogP contribution in [0, 0.1) is 6.92 Å². The Morgan fingerprint density at radius 2 is 1.95 bits per heavy atom. The van der Waals surface area contributed by atoms with Gasteiger partial charge in [-0.05, 0) is 47.2 Å². The van der Waals surface area contributed by atoms with E-state index in [0.717, 1.165) is 5.56 Å². The largest absolute Gasteiger partial charge is 0.348 e. The number of benzene rings is 1. The topological polar surface area (TPSA) is 85.6 Å². The van der Waals surface area contributed by atoms with Gasteiger partial charge >= 0.3 is 0 Å². The highest BCUT2D eigenvalue weighted by Gasteiger charge is 2.14. The van der Waals surface area contributed by atoms with Gasteiger partial charge in [0.25, 0.3) is 5.91 Å². The van der Waals surface area contributed by atoms with Crippen LogP contribution in [0.25, 0.3) is 5.69 Å². The van der Waals surface area contributed by atoms with Crippen molar-refractivity contribution in [3.8, 4) is 5.69 Å². The summed E-state index contributed by atoms with van der Waals surface area (Å²) in [6, 6.07) is 10.9. The van der Waals surface area contributed by atoms with Crippen molar-refractivity contribution in [3.63, 3.8) is 0 Å². The van der Waals surface area contributed by atoms with Crippen molar-refractivity contribution in [1.82, 2.24) is 30.5 Å². The first-order valence-corrected chi connectivity index (χ1v) is 6.77. The number of carbonyl (C=O) groups is 1. The zero-order chi connectivity index (χ0) is 15.4. The highest BCUT2D eigenvalue weighted by Crippen LogP contribution is 2.14. The number of rotatable bonds is 4. The Labute approximate surface area is 127 Å². The molecule has 0 aliphatic carbocycles. The number of amides is 1. The third kappa shape index (κ3) is 2.83. The molecular formula is C15H14N6O. The maximum Gasteiger partial charge on any atom is 0.253 e. The standard InChI is InChI=1S/C15H14N6O/c1-11-18-19-20-21(11)14-5-3-2-4-13(14)15(22)17-10-12-6-8-16-9-7-12/h2-9H,10H2,1H3,(H,17,22). The molecule has 1 aromatic carbocycles. The average molecular weight is 294 g/mol. The Balaban J connectivity index is 1.83. The molecule has 1 N–H and O–H groups in total. The second kappa shape index (κ2) is 6.13. The van der Waals surface area contributed by atoms with Crippen LogP contribution in [0.2, 0.25) is 0 Å². The van der Waals surface area contributed by atoms with Gasteiger partial charge in [0.05, 0.1) is 11.3 Å². The molecule has 3 rings (SSSR count). The quantitative estimate of drug-likeness (QED) is 0.783. The van der Waals surface area contributed by atoms with E-state index >= 15 is 0 Å². The molecule has 2 heterocycles. The lowest BCUT2D eigenvalue weighted by Crippen LogP contribution is -2.24. The maximum atomic E-state index is 12.4. The number of nitrogens with one attached hydrogen (secondary N) is 1. The molecule has 7 nitrogen and oxygen atoms in total. The number of hydrogen-bond donors (Lipinski definition) is 1. The monoisotopic (exact) mass is 294 g/mol. The molecule has 0 aliphatic rings. The highest BCUT2D eigenvalue weighted by molar-refractivity contribution is 5.97. The smallest absolute Gasteiger partial charge is 0.253 e. The molecule has 0 bridgehead atoms. The Bertz CT molecular complexity index is 783. The summed E-state index contributed by atoms with van der Waals surface area (Å²) < 4.78 is 1.54. The van der Waals surface area contributed by atoms with Gasteiger partial charge < -0.3 is 5.32 Å². The van der Waals surface area contributed by atoms with Gasteiger partial charge in [0.15, 0.2) is 5.82 Å². The van der Waals surface area contributed by atoms with Crippen molar-refractivity contribution in [2.24, 2.45) is 0 Å². The number of aromatic nitrogens is 5. The first-order valence-electron chi connectivity index (χ1n) is 6.77. The Hall–Kier alpha value is -3.09. The first-order chi connectivity index (χ1) is 10.8. The number of hydrogen-bond acceptors (Lipinski definition) is 5. The molecule has 0 saturated carbocycles. The summed E-state index contributed by atoms with van der Waals surface area (Å²) in [5, 5.41) is 14.3. The van der Waals surface area contributed by atoms with Gasteiger partial charge in [0, 0.05) is 18.9 Å². The van der Waals surface area contributed by atoms with E-state index in [1.165, 1.54) is 0 Å².